The van der Waals surface area contributed by atoms with Crippen LogP contribution in [0.4, 0.5) is 0 Å². The molecule has 0 bridgehead atoms. The minimum absolute atomic E-state index is 0.368. The standard InChI is InChI=1S/C16H23NO2/c18-16(19)15(12-13-8-4-3-5-9-13)17-14-10-6-1-2-7-11-14/h3-5,8-9,14-15,17H,1-2,6-7,10-12H2,(H,18,19). The molecule has 1 atom stereocenters. The first-order chi connectivity index (χ1) is 9.25. The Morgan fingerprint density at radius 2 is 1.79 bits per heavy atom. The topological polar surface area (TPSA) is 49.3 Å². The van der Waals surface area contributed by atoms with Crippen LogP contribution in [-0.2, 0) is 11.2 Å². The Labute approximate surface area is 115 Å². The van der Waals surface area contributed by atoms with E-state index in [-0.39, 0.29) is 0 Å². The molecule has 0 aromatic heterocycles. The van der Waals surface area contributed by atoms with E-state index in [1.807, 2.05) is 30.3 Å². The summed E-state index contributed by atoms with van der Waals surface area (Å²) in [6, 6.07) is 9.76. The monoisotopic (exact) mass is 261 g/mol. The summed E-state index contributed by atoms with van der Waals surface area (Å²) in [4.78, 5) is 11.4. The highest BCUT2D eigenvalue weighted by Gasteiger charge is 2.22. The molecule has 3 nitrogen and oxygen atoms in total. The van der Waals surface area contributed by atoms with Crippen LogP contribution in [0.15, 0.2) is 30.3 Å². The van der Waals surface area contributed by atoms with Gasteiger partial charge in [-0.2, -0.15) is 0 Å². The summed E-state index contributed by atoms with van der Waals surface area (Å²) < 4.78 is 0. The van der Waals surface area contributed by atoms with Gasteiger partial charge in [0.05, 0.1) is 0 Å². The Bertz CT molecular complexity index is 383. The van der Waals surface area contributed by atoms with E-state index in [0.29, 0.717) is 12.5 Å². The molecule has 0 radical (unpaired) electrons. The predicted octanol–water partition coefficient (Wildman–Crippen LogP) is 2.99. The lowest BCUT2D eigenvalue weighted by molar-refractivity contribution is -0.139. The quantitative estimate of drug-likeness (QED) is 0.801. The zero-order valence-electron chi connectivity index (χ0n) is 11.3. The Balaban J connectivity index is 1.94. The second-order valence-corrected chi connectivity index (χ2v) is 5.44. The third-order valence-electron chi connectivity index (χ3n) is 3.87. The summed E-state index contributed by atoms with van der Waals surface area (Å²) >= 11 is 0. The lowest BCUT2D eigenvalue weighted by Gasteiger charge is -2.22. The highest BCUT2D eigenvalue weighted by atomic mass is 16.4. The number of carboxylic acid groups (broad SMARTS) is 1. The fourth-order valence-corrected chi connectivity index (χ4v) is 2.80. The highest BCUT2D eigenvalue weighted by Crippen LogP contribution is 2.18. The van der Waals surface area contributed by atoms with Crippen molar-refractivity contribution in [1.29, 1.82) is 0 Å². The van der Waals surface area contributed by atoms with E-state index in [2.05, 4.69) is 5.32 Å². The van der Waals surface area contributed by atoms with Crippen LogP contribution in [0.5, 0.6) is 0 Å². The molecule has 1 unspecified atom stereocenters. The van der Waals surface area contributed by atoms with Gasteiger partial charge in [0, 0.05) is 6.04 Å². The Hall–Kier alpha value is -1.35. The maximum absolute atomic E-state index is 11.4. The molecular weight excluding hydrogens is 238 g/mol. The van der Waals surface area contributed by atoms with Crippen LogP contribution in [0.25, 0.3) is 0 Å². The number of benzene rings is 1. The molecule has 1 aliphatic carbocycles. The molecule has 1 saturated carbocycles. The number of carboxylic acids is 1. The van der Waals surface area contributed by atoms with Crippen molar-refractivity contribution in [3.05, 3.63) is 35.9 Å². The summed E-state index contributed by atoms with van der Waals surface area (Å²) in [6.07, 6.45) is 7.79. The van der Waals surface area contributed by atoms with Crippen LogP contribution in [-0.4, -0.2) is 23.2 Å². The number of carbonyl (C=O) groups is 1. The Kier molecular flexibility index (Phi) is 5.40. The summed E-state index contributed by atoms with van der Waals surface area (Å²) in [5.74, 6) is -0.742. The van der Waals surface area contributed by atoms with Crippen molar-refractivity contribution in [2.75, 3.05) is 0 Å². The van der Waals surface area contributed by atoms with Crippen LogP contribution < -0.4 is 5.32 Å². The third kappa shape index (κ3) is 4.67. The van der Waals surface area contributed by atoms with E-state index in [1.165, 1.54) is 25.7 Å². The van der Waals surface area contributed by atoms with Crippen LogP contribution >= 0.6 is 0 Å². The summed E-state index contributed by atoms with van der Waals surface area (Å²) in [5.41, 5.74) is 1.08. The predicted molar refractivity (Wildman–Crippen MR) is 76.2 cm³/mol. The van der Waals surface area contributed by atoms with Gasteiger partial charge >= 0.3 is 5.97 Å². The van der Waals surface area contributed by atoms with Crippen molar-refractivity contribution in [2.24, 2.45) is 0 Å². The normalized spacial score (nSPS) is 18.7. The van der Waals surface area contributed by atoms with Crippen molar-refractivity contribution < 1.29 is 9.90 Å². The van der Waals surface area contributed by atoms with Gasteiger partial charge < -0.3 is 10.4 Å². The van der Waals surface area contributed by atoms with Gasteiger partial charge in [-0.05, 0) is 24.8 Å². The zero-order valence-corrected chi connectivity index (χ0v) is 11.3. The van der Waals surface area contributed by atoms with E-state index >= 15 is 0 Å². The van der Waals surface area contributed by atoms with Crippen LogP contribution in [0.3, 0.4) is 0 Å². The molecule has 2 N–H and O–H groups in total. The van der Waals surface area contributed by atoms with Gasteiger partial charge in [-0.1, -0.05) is 56.0 Å². The SMILES string of the molecule is O=C(O)C(Cc1ccccc1)NC1CCCCCC1. The minimum Gasteiger partial charge on any atom is -0.480 e. The van der Waals surface area contributed by atoms with E-state index in [4.69, 9.17) is 0 Å². The first-order valence-electron chi connectivity index (χ1n) is 7.28. The lowest BCUT2D eigenvalue weighted by atomic mass is 10.0. The molecule has 0 heterocycles. The number of aliphatic carboxylic acids is 1. The van der Waals surface area contributed by atoms with E-state index < -0.39 is 12.0 Å². The maximum atomic E-state index is 11.4. The Morgan fingerprint density at radius 1 is 1.16 bits per heavy atom. The minimum atomic E-state index is -0.742. The zero-order chi connectivity index (χ0) is 13.5. The van der Waals surface area contributed by atoms with Crippen molar-refractivity contribution >= 4 is 5.97 Å². The Morgan fingerprint density at radius 3 is 2.37 bits per heavy atom. The fraction of sp³-hybridized carbons (Fsp3) is 0.562. The molecular formula is C16H23NO2. The number of hydrogen-bond acceptors (Lipinski definition) is 2. The highest BCUT2D eigenvalue weighted by molar-refractivity contribution is 5.74. The van der Waals surface area contributed by atoms with Gasteiger partial charge in [0.25, 0.3) is 0 Å². The second-order valence-electron chi connectivity index (χ2n) is 5.44. The number of nitrogens with one attached hydrogen (secondary N) is 1. The first-order valence-corrected chi connectivity index (χ1v) is 7.28. The summed E-state index contributed by atoms with van der Waals surface area (Å²) in [6.45, 7) is 0. The van der Waals surface area contributed by atoms with E-state index in [0.717, 1.165) is 18.4 Å². The van der Waals surface area contributed by atoms with Gasteiger partial charge in [-0.25, -0.2) is 0 Å². The van der Waals surface area contributed by atoms with Crippen LogP contribution in [0, 0.1) is 0 Å². The van der Waals surface area contributed by atoms with Crippen molar-refractivity contribution in [1.82, 2.24) is 5.32 Å². The fourth-order valence-electron chi connectivity index (χ4n) is 2.80. The van der Waals surface area contributed by atoms with E-state index in [1.54, 1.807) is 0 Å². The van der Waals surface area contributed by atoms with Crippen LogP contribution in [0.2, 0.25) is 0 Å². The molecule has 1 aliphatic rings. The van der Waals surface area contributed by atoms with Crippen molar-refractivity contribution in [3.63, 3.8) is 0 Å². The lowest BCUT2D eigenvalue weighted by Crippen LogP contribution is -2.44. The first kappa shape index (κ1) is 14.1. The van der Waals surface area contributed by atoms with Crippen LogP contribution in [0.1, 0.15) is 44.1 Å². The van der Waals surface area contributed by atoms with Gasteiger partial charge in [0.1, 0.15) is 6.04 Å². The molecule has 0 aliphatic heterocycles. The molecule has 0 spiro atoms. The van der Waals surface area contributed by atoms with Crippen molar-refractivity contribution in [2.45, 2.75) is 57.0 Å². The molecule has 0 amide bonds. The molecule has 104 valence electrons. The van der Waals surface area contributed by atoms with Gasteiger partial charge in [0.15, 0.2) is 0 Å². The maximum Gasteiger partial charge on any atom is 0.321 e. The molecule has 19 heavy (non-hydrogen) atoms. The summed E-state index contributed by atoms with van der Waals surface area (Å²) in [7, 11) is 0. The second kappa shape index (κ2) is 7.29. The molecule has 2 rings (SSSR count). The van der Waals surface area contributed by atoms with E-state index in [9.17, 15) is 9.90 Å². The number of rotatable bonds is 5. The molecule has 0 saturated heterocycles. The number of hydrogen-bond donors (Lipinski definition) is 2. The smallest absolute Gasteiger partial charge is 0.321 e. The van der Waals surface area contributed by atoms with Gasteiger partial charge in [-0.15, -0.1) is 0 Å². The molecule has 1 aromatic carbocycles. The summed E-state index contributed by atoms with van der Waals surface area (Å²) in [5, 5.41) is 12.7. The van der Waals surface area contributed by atoms with Gasteiger partial charge in [0.2, 0.25) is 0 Å². The molecule has 3 heteroatoms. The van der Waals surface area contributed by atoms with Gasteiger partial charge in [-0.3, -0.25) is 4.79 Å². The largest absolute Gasteiger partial charge is 0.480 e. The molecule has 1 fully saturated rings. The molecule has 1 aromatic rings. The third-order valence-corrected chi connectivity index (χ3v) is 3.87. The average Bonchev–Trinajstić information content (AvgIpc) is 2.68. The average molecular weight is 261 g/mol. The van der Waals surface area contributed by atoms with Crippen molar-refractivity contribution in [3.8, 4) is 0 Å².